The summed E-state index contributed by atoms with van der Waals surface area (Å²) in [4.78, 5) is 1.02. The molecule has 0 saturated carbocycles. The van der Waals surface area contributed by atoms with Gasteiger partial charge in [-0.15, -0.1) is 11.3 Å². The third-order valence-corrected chi connectivity index (χ3v) is 3.16. The average molecular weight is 241 g/mol. The van der Waals surface area contributed by atoms with E-state index in [9.17, 15) is 8.42 Å². The predicted octanol–water partition coefficient (Wildman–Crippen LogP) is 1.92. The predicted molar refractivity (Wildman–Crippen MR) is 53.8 cm³/mol. The summed E-state index contributed by atoms with van der Waals surface area (Å²) in [6, 6.07) is 3.64. The maximum absolute atomic E-state index is 10.6. The van der Waals surface area contributed by atoms with Crippen molar-refractivity contribution in [2.24, 2.45) is 0 Å². The van der Waals surface area contributed by atoms with Gasteiger partial charge in [0.2, 0.25) is 0 Å². The molecule has 0 aliphatic carbocycles. The topological polar surface area (TPSA) is 43.4 Å². The zero-order valence-electron chi connectivity index (χ0n) is 6.99. The molecule has 0 amide bonds. The van der Waals surface area contributed by atoms with E-state index < -0.39 is 10.1 Å². The highest BCUT2D eigenvalue weighted by Gasteiger charge is 2.02. The maximum atomic E-state index is 10.6. The number of halogens is 1. The van der Waals surface area contributed by atoms with Gasteiger partial charge in [0.15, 0.2) is 0 Å². The molecule has 0 saturated heterocycles. The molecule has 0 atom stereocenters. The summed E-state index contributed by atoms with van der Waals surface area (Å²) in [5, 5.41) is 0. The van der Waals surface area contributed by atoms with Crippen LogP contribution < -0.4 is 0 Å². The fourth-order valence-electron chi connectivity index (χ4n) is 0.780. The number of thiophene rings is 1. The van der Waals surface area contributed by atoms with E-state index in [0.29, 0.717) is 10.8 Å². The standard InChI is InChI=1S/C7H9ClO3S2/c1-13(9,10)11-5-4-6-2-3-7(8)12-6/h2-3H,4-5H2,1H3. The van der Waals surface area contributed by atoms with Crippen LogP contribution in [0.5, 0.6) is 0 Å². The van der Waals surface area contributed by atoms with Gasteiger partial charge in [-0.25, -0.2) is 0 Å². The first-order valence-corrected chi connectivity index (χ1v) is 6.57. The summed E-state index contributed by atoms with van der Waals surface area (Å²) in [5.41, 5.74) is 0. The molecule has 0 aliphatic heterocycles. The quantitative estimate of drug-likeness (QED) is 0.756. The highest BCUT2D eigenvalue weighted by Crippen LogP contribution is 2.21. The summed E-state index contributed by atoms with van der Waals surface area (Å²) in [5.74, 6) is 0. The summed E-state index contributed by atoms with van der Waals surface area (Å²) >= 11 is 7.12. The van der Waals surface area contributed by atoms with Gasteiger partial charge in [-0.1, -0.05) is 11.6 Å². The summed E-state index contributed by atoms with van der Waals surface area (Å²) in [6.45, 7) is 0.176. The second-order valence-corrected chi connectivity index (χ2v) is 5.93. The van der Waals surface area contributed by atoms with Crippen LogP contribution in [0.2, 0.25) is 4.34 Å². The van der Waals surface area contributed by atoms with Crippen molar-refractivity contribution in [2.75, 3.05) is 12.9 Å². The van der Waals surface area contributed by atoms with Crippen molar-refractivity contribution in [3.63, 3.8) is 0 Å². The van der Waals surface area contributed by atoms with Crippen LogP contribution in [0.15, 0.2) is 12.1 Å². The third-order valence-electron chi connectivity index (χ3n) is 1.27. The van der Waals surface area contributed by atoms with E-state index in [-0.39, 0.29) is 6.61 Å². The zero-order chi connectivity index (χ0) is 9.90. The maximum Gasteiger partial charge on any atom is 0.264 e. The van der Waals surface area contributed by atoms with Crippen molar-refractivity contribution in [2.45, 2.75) is 6.42 Å². The van der Waals surface area contributed by atoms with Crippen LogP contribution in [0, 0.1) is 0 Å². The van der Waals surface area contributed by atoms with E-state index in [4.69, 9.17) is 11.6 Å². The summed E-state index contributed by atoms with van der Waals surface area (Å²) < 4.78 is 26.4. The van der Waals surface area contributed by atoms with E-state index in [1.807, 2.05) is 6.07 Å². The van der Waals surface area contributed by atoms with Crippen LogP contribution in [-0.2, 0) is 20.7 Å². The lowest BCUT2D eigenvalue weighted by Crippen LogP contribution is -2.05. The number of hydrogen-bond donors (Lipinski definition) is 0. The van der Waals surface area contributed by atoms with Gasteiger partial charge in [0.25, 0.3) is 10.1 Å². The van der Waals surface area contributed by atoms with Crippen molar-refractivity contribution in [3.8, 4) is 0 Å². The molecule has 6 heteroatoms. The van der Waals surface area contributed by atoms with Gasteiger partial charge < -0.3 is 0 Å². The third kappa shape index (κ3) is 4.61. The zero-order valence-corrected chi connectivity index (χ0v) is 9.38. The smallest absolute Gasteiger partial charge is 0.264 e. The Labute approximate surface area is 86.4 Å². The van der Waals surface area contributed by atoms with Crippen molar-refractivity contribution < 1.29 is 12.6 Å². The molecule has 0 fully saturated rings. The van der Waals surface area contributed by atoms with Gasteiger partial charge >= 0.3 is 0 Å². The van der Waals surface area contributed by atoms with Gasteiger partial charge in [-0.3, -0.25) is 4.18 Å². The molecule has 0 unspecified atom stereocenters. The second kappa shape index (κ2) is 4.41. The summed E-state index contributed by atoms with van der Waals surface area (Å²) in [7, 11) is -3.32. The van der Waals surface area contributed by atoms with E-state index in [2.05, 4.69) is 4.18 Å². The lowest BCUT2D eigenvalue weighted by molar-refractivity contribution is 0.327. The molecule has 0 N–H and O–H groups in total. The molecule has 1 rings (SSSR count). The molecule has 1 aromatic heterocycles. The van der Waals surface area contributed by atoms with E-state index in [1.54, 1.807) is 6.07 Å². The molecule has 1 heterocycles. The normalized spacial score (nSPS) is 11.8. The Morgan fingerprint density at radius 2 is 2.23 bits per heavy atom. The van der Waals surface area contributed by atoms with Crippen LogP contribution in [-0.4, -0.2) is 21.3 Å². The Bertz CT molecular complexity index is 369. The molecule has 0 aliphatic rings. The van der Waals surface area contributed by atoms with E-state index >= 15 is 0 Å². The first-order valence-electron chi connectivity index (χ1n) is 3.56. The highest BCUT2D eigenvalue weighted by molar-refractivity contribution is 7.85. The molecule has 74 valence electrons. The fourth-order valence-corrected chi connectivity index (χ4v) is 2.23. The van der Waals surface area contributed by atoms with Crippen LogP contribution in [0.1, 0.15) is 4.88 Å². The van der Waals surface area contributed by atoms with Gasteiger partial charge in [0, 0.05) is 11.3 Å². The van der Waals surface area contributed by atoms with E-state index in [1.165, 1.54) is 11.3 Å². The average Bonchev–Trinajstić information content (AvgIpc) is 2.33. The molecule has 0 radical (unpaired) electrons. The van der Waals surface area contributed by atoms with Crippen molar-refractivity contribution in [1.29, 1.82) is 0 Å². The molecule has 3 nitrogen and oxygen atoms in total. The van der Waals surface area contributed by atoms with Crippen LogP contribution >= 0.6 is 22.9 Å². The Kier molecular flexibility index (Phi) is 3.73. The Hall–Kier alpha value is -0.100. The Morgan fingerprint density at radius 1 is 1.54 bits per heavy atom. The minimum absolute atomic E-state index is 0.176. The number of hydrogen-bond acceptors (Lipinski definition) is 4. The van der Waals surface area contributed by atoms with Crippen molar-refractivity contribution in [1.82, 2.24) is 0 Å². The summed E-state index contributed by atoms with van der Waals surface area (Å²) in [6.07, 6.45) is 1.61. The van der Waals surface area contributed by atoms with Crippen LogP contribution in [0.4, 0.5) is 0 Å². The lowest BCUT2D eigenvalue weighted by Gasteiger charge is -1.98. The molecule has 0 aromatic carbocycles. The Balaban J connectivity index is 2.36. The minimum Gasteiger partial charge on any atom is -0.270 e. The molecule has 1 aromatic rings. The molecule has 0 bridgehead atoms. The van der Waals surface area contributed by atoms with Crippen LogP contribution in [0.3, 0.4) is 0 Å². The monoisotopic (exact) mass is 240 g/mol. The number of rotatable bonds is 4. The largest absolute Gasteiger partial charge is 0.270 e. The first kappa shape index (κ1) is 11.0. The van der Waals surface area contributed by atoms with Gasteiger partial charge in [0.05, 0.1) is 17.2 Å². The van der Waals surface area contributed by atoms with Crippen molar-refractivity contribution in [3.05, 3.63) is 21.3 Å². The molecular formula is C7H9ClO3S2. The Morgan fingerprint density at radius 3 is 2.69 bits per heavy atom. The van der Waals surface area contributed by atoms with E-state index in [0.717, 1.165) is 11.1 Å². The second-order valence-electron chi connectivity index (χ2n) is 2.48. The van der Waals surface area contributed by atoms with Gasteiger partial charge in [0.1, 0.15) is 0 Å². The molecular weight excluding hydrogens is 232 g/mol. The van der Waals surface area contributed by atoms with Gasteiger partial charge in [-0.2, -0.15) is 8.42 Å². The highest BCUT2D eigenvalue weighted by atomic mass is 35.5. The first-order chi connectivity index (χ1) is 5.97. The van der Waals surface area contributed by atoms with Gasteiger partial charge in [-0.05, 0) is 12.1 Å². The molecule has 0 spiro atoms. The fraction of sp³-hybridized carbons (Fsp3) is 0.429. The molecule has 13 heavy (non-hydrogen) atoms. The SMILES string of the molecule is CS(=O)(=O)OCCc1ccc(Cl)s1. The lowest BCUT2D eigenvalue weighted by atomic mass is 10.4. The van der Waals surface area contributed by atoms with Crippen molar-refractivity contribution >= 4 is 33.1 Å². The minimum atomic E-state index is -3.32. The van der Waals surface area contributed by atoms with Crippen LogP contribution in [0.25, 0.3) is 0 Å².